The highest BCUT2D eigenvalue weighted by Gasteiger charge is 2.16. The predicted molar refractivity (Wildman–Crippen MR) is 101 cm³/mol. The van der Waals surface area contributed by atoms with Gasteiger partial charge in [0.15, 0.2) is 5.65 Å². The van der Waals surface area contributed by atoms with Crippen LogP contribution in [0.15, 0.2) is 67.1 Å². The lowest BCUT2D eigenvalue weighted by molar-refractivity contribution is 0.415. The molecule has 2 aromatic heterocycles. The van der Waals surface area contributed by atoms with Crippen LogP contribution in [0.2, 0.25) is 0 Å². The summed E-state index contributed by atoms with van der Waals surface area (Å²) in [5.74, 6) is 2.41. The monoisotopic (exact) mass is 346 g/mol. The predicted octanol–water partition coefficient (Wildman–Crippen LogP) is 4.16. The molecule has 0 spiro atoms. The summed E-state index contributed by atoms with van der Waals surface area (Å²) in [5, 5.41) is 3.46. The number of aromatic nitrogens is 3. The molecule has 0 unspecified atom stereocenters. The van der Waals surface area contributed by atoms with Gasteiger partial charge >= 0.3 is 0 Å². The Kier molecular flexibility index (Phi) is 4.15. The van der Waals surface area contributed by atoms with E-state index in [1.165, 1.54) is 0 Å². The molecule has 6 nitrogen and oxygen atoms in total. The average Bonchev–Trinajstić information content (AvgIpc) is 3.07. The second kappa shape index (κ2) is 6.76. The number of fused-ring (bicyclic) bond motifs is 1. The first-order valence-corrected chi connectivity index (χ1v) is 8.16. The minimum Gasteiger partial charge on any atom is -0.497 e. The highest BCUT2D eigenvalue weighted by atomic mass is 16.5. The Hall–Kier alpha value is -3.54. The fourth-order valence-corrected chi connectivity index (χ4v) is 2.85. The first-order chi connectivity index (χ1) is 12.8. The summed E-state index contributed by atoms with van der Waals surface area (Å²) in [6.07, 6.45) is 5.35. The summed E-state index contributed by atoms with van der Waals surface area (Å²) >= 11 is 0. The van der Waals surface area contributed by atoms with Crippen LogP contribution in [-0.4, -0.2) is 28.6 Å². The van der Waals surface area contributed by atoms with Crippen molar-refractivity contribution in [3.8, 4) is 22.8 Å². The van der Waals surface area contributed by atoms with E-state index in [9.17, 15) is 0 Å². The van der Waals surface area contributed by atoms with Crippen LogP contribution in [0.4, 0.5) is 11.5 Å². The molecule has 0 saturated heterocycles. The van der Waals surface area contributed by atoms with Crippen LogP contribution < -0.4 is 14.8 Å². The molecular formula is C20H18N4O2. The number of nitrogens with zero attached hydrogens (tertiary/aromatic N) is 3. The van der Waals surface area contributed by atoms with E-state index < -0.39 is 0 Å². The molecule has 0 aliphatic rings. The van der Waals surface area contributed by atoms with Gasteiger partial charge < -0.3 is 14.8 Å². The molecule has 130 valence electrons. The van der Waals surface area contributed by atoms with E-state index in [0.717, 1.165) is 39.9 Å². The Bertz CT molecular complexity index is 1040. The fraction of sp³-hybridized carbons (Fsp3) is 0.100. The second-order valence-electron chi connectivity index (χ2n) is 5.67. The molecule has 1 N–H and O–H groups in total. The van der Waals surface area contributed by atoms with Crippen LogP contribution >= 0.6 is 0 Å². The molecule has 0 saturated carbocycles. The van der Waals surface area contributed by atoms with Gasteiger partial charge in [0.1, 0.15) is 23.0 Å². The van der Waals surface area contributed by atoms with Crippen molar-refractivity contribution in [3.05, 3.63) is 67.1 Å². The van der Waals surface area contributed by atoms with E-state index in [1.807, 2.05) is 59.1 Å². The molecule has 2 heterocycles. The highest BCUT2D eigenvalue weighted by Crippen LogP contribution is 2.34. The van der Waals surface area contributed by atoms with Gasteiger partial charge in [-0.3, -0.25) is 9.38 Å². The maximum absolute atomic E-state index is 5.46. The van der Waals surface area contributed by atoms with Gasteiger partial charge in [0.2, 0.25) is 0 Å². The van der Waals surface area contributed by atoms with Gasteiger partial charge in [-0.2, -0.15) is 0 Å². The fourth-order valence-electron chi connectivity index (χ4n) is 2.85. The van der Waals surface area contributed by atoms with E-state index in [-0.39, 0.29) is 0 Å². The molecule has 0 bridgehead atoms. The first-order valence-electron chi connectivity index (χ1n) is 8.16. The number of benzene rings is 2. The summed E-state index contributed by atoms with van der Waals surface area (Å²) in [5.41, 5.74) is 3.43. The van der Waals surface area contributed by atoms with E-state index in [2.05, 4.69) is 10.3 Å². The van der Waals surface area contributed by atoms with Gasteiger partial charge in [0, 0.05) is 18.0 Å². The third-order valence-corrected chi connectivity index (χ3v) is 4.15. The third kappa shape index (κ3) is 2.82. The maximum atomic E-state index is 5.46. The van der Waals surface area contributed by atoms with E-state index in [0.29, 0.717) is 0 Å². The van der Waals surface area contributed by atoms with Crippen molar-refractivity contribution >= 4 is 17.2 Å². The second-order valence-corrected chi connectivity index (χ2v) is 5.67. The van der Waals surface area contributed by atoms with Gasteiger partial charge in [-0.25, -0.2) is 4.98 Å². The van der Waals surface area contributed by atoms with Crippen LogP contribution in [0.5, 0.6) is 11.5 Å². The smallest absolute Gasteiger partial charge is 0.157 e. The lowest BCUT2D eigenvalue weighted by atomic mass is 10.1. The summed E-state index contributed by atoms with van der Waals surface area (Å²) in [6, 6.07) is 15.6. The molecule has 6 heteroatoms. The Labute approximate surface area is 151 Å². The number of imidazole rings is 1. The largest absolute Gasteiger partial charge is 0.497 e. The third-order valence-electron chi connectivity index (χ3n) is 4.15. The quantitative estimate of drug-likeness (QED) is 0.588. The minimum atomic E-state index is 0.760. The van der Waals surface area contributed by atoms with E-state index in [4.69, 9.17) is 14.5 Å². The molecule has 0 aliphatic heterocycles. The van der Waals surface area contributed by atoms with E-state index >= 15 is 0 Å². The molecule has 0 aliphatic carbocycles. The van der Waals surface area contributed by atoms with Crippen molar-refractivity contribution in [3.63, 3.8) is 0 Å². The van der Waals surface area contributed by atoms with Crippen LogP contribution in [0, 0.1) is 0 Å². The van der Waals surface area contributed by atoms with E-state index in [1.54, 1.807) is 26.6 Å². The van der Waals surface area contributed by atoms with Crippen molar-refractivity contribution in [1.29, 1.82) is 0 Å². The Balaban J connectivity index is 1.86. The molecule has 4 aromatic rings. The topological polar surface area (TPSA) is 60.7 Å². The zero-order valence-electron chi connectivity index (χ0n) is 14.5. The molecule has 0 amide bonds. The number of hydrogen-bond acceptors (Lipinski definition) is 5. The van der Waals surface area contributed by atoms with Crippen molar-refractivity contribution in [2.75, 3.05) is 19.5 Å². The Morgan fingerprint density at radius 2 is 1.77 bits per heavy atom. The number of ether oxygens (including phenoxy) is 2. The van der Waals surface area contributed by atoms with Crippen LogP contribution in [0.25, 0.3) is 16.9 Å². The van der Waals surface area contributed by atoms with Crippen molar-refractivity contribution < 1.29 is 9.47 Å². The summed E-state index contributed by atoms with van der Waals surface area (Å²) in [7, 11) is 3.31. The van der Waals surface area contributed by atoms with Gasteiger partial charge in [0.05, 0.1) is 26.1 Å². The number of para-hydroxylation sites is 2. The molecular weight excluding hydrogens is 328 g/mol. The summed E-state index contributed by atoms with van der Waals surface area (Å²) in [4.78, 5) is 8.92. The lowest BCUT2D eigenvalue weighted by Gasteiger charge is -2.12. The molecule has 26 heavy (non-hydrogen) atoms. The number of hydrogen-bond donors (Lipinski definition) is 1. The standard InChI is InChI=1S/C20H18N4O2/c1-25-15-9-7-14(8-10-15)19-20(24-12-11-21-13-18(24)23-19)22-16-5-3-4-6-17(16)26-2/h3-13,22H,1-2H3. The molecule has 0 fully saturated rings. The van der Waals surface area contributed by atoms with Crippen LogP contribution in [-0.2, 0) is 0 Å². The number of rotatable bonds is 5. The first kappa shape index (κ1) is 16.0. The van der Waals surface area contributed by atoms with Crippen LogP contribution in [0.3, 0.4) is 0 Å². The van der Waals surface area contributed by atoms with Crippen molar-refractivity contribution in [2.24, 2.45) is 0 Å². The normalized spacial score (nSPS) is 10.7. The van der Waals surface area contributed by atoms with Gasteiger partial charge in [-0.15, -0.1) is 0 Å². The Morgan fingerprint density at radius 1 is 0.962 bits per heavy atom. The average molecular weight is 346 g/mol. The Morgan fingerprint density at radius 3 is 2.54 bits per heavy atom. The molecule has 0 atom stereocenters. The van der Waals surface area contributed by atoms with Crippen molar-refractivity contribution in [2.45, 2.75) is 0 Å². The van der Waals surface area contributed by atoms with Gasteiger partial charge in [0.25, 0.3) is 0 Å². The number of methoxy groups -OCH3 is 2. The molecule has 4 rings (SSSR count). The van der Waals surface area contributed by atoms with Gasteiger partial charge in [-0.05, 0) is 36.4 Å². The number of nitrogens with one attached hydrogen (secondary N) is 1. The zero-order chi connectivity index (χ0) is 17.9. The maximum Gasteiger partial charge on any atom is 0.157 e. The number of anilines is 2. The van der Waals surface area contributed by atoms with Gasteiger partial charge in [-0.1, -0.05) is 12.1 Å². The minimum absolute atomic E-state index is 0.760. The SMILES string of the molecule is COc1ccc(-c2nc3cnccn3c2Nc2ccccc2OC)cc1. The zero-order valence-corrected chi connectivity index (χ0v) is 14.5. The molecule has 2 aromatic carbocycles. The summed E-state index contributed by atoms with van der Waals surface area (Å²) in [6.45, 7) is 0. The lowest BCUT2D eigenvalue weighted by Crippen LogP contribution is -1.99. The van der Waals surface area contributed by atoms with Crippen LogP contribution in [0.1, 0.15) is 0 Å². The van der Waals surface area contributed by atoms with Crippen molar-refractivity contribution in [1.82, 2.24) is 14.4 Å². The molecule has 0 radical (unpaired) electrons. The summed E-state index contributed by atoms with van der Waals surface area (Å²) < 4.78 is 12.7. The highest BCUT2D eigenvalue weighted by molar-refractivity contribution is 5.81.